The minimum atomic E-state index is -4.30. The van der Waals surface area contributed by atoms with Gasteiger partial charge >= 0.3 is 6.18 Å². The van der Waals surface area contributed by atoms with Crippen LogP contribution >= 0.6 is 0 Å². The van der Waals surface area contributed by atoms with Crippen molar-refractivity contribution in [2.75, 3.05) is 37.6 Å². The van der Waals surface area contributed by atoms with Crippen LogP contribution in [0.3, 0.4) is 0 Å². The van der Waals surface area contributed by atoms with Crippen molar-refractivity contribution in [3.8, 4) is 0 Å². The quantitative estimate of drug-likeness (QED) is 0.412. The molecule has 0 atom stereocenters. The van der Waals surface area contributed by atoms with Gasteiger partial charge in [-0.3, -0.25) is 14.5 Å². The van der Waals surface area contributed by atoms with Crippen LogP contribution in [0.2, 0.25) is 0 Å². The third kappa shape index (κ3) is 7.83. The van der Waals surface area contributed by atoms with Gasteiger partial charge in [0, 0.05) is 44.7 Å². The predicted octanol–water partition coefficient (Wildman–Crippen LogP) is 5.74. The summed E-state index contributed by atoms with van der Waals surface area (Å²) in [5.41, 5.74) is 0.0719. The Morgan fingerprint density at radius 3 is 2.18 bits per heavy atom. The SMILES string of the molecule is CCC(=O)C(=O)CCCC1CCC(CCN2CCN(c3cccc(C(F)(F)F)c3)CC2)CC1. The first-order valence-electron chi connectivity index (χ1n) is 12.5. The number of anilines is 1. The minimum absolute atomic E-state index is 0.209. The fourth-order valence-electron chi connectivity index (χ4n) is 5.17. The van der Waals surface area contributed by atoms with Gasteiger partial charge in [0.25, 0.3) is 0 Å². The molecular formula is C26H37F3N2O2. The van der Waals surface area contributed by atoms with Gasteiger partial charge in [0.1, 0.15) is 0 Å². The summed E-state index contributed by atoms with van der Waals surface area (Å²) >= 11 is 0. The van der Waals surface area contributed by atoms with Crippen molar-refractivity contribution >= 4 is 17.3 Å². The van der Waals surface area contributed by atoms with E-state index in [9.17, 15) is 22.8 Å². The smallest absolute Gasteiger partial charge is 0.369 e. The molecule has 1 aliphatic carbocycles. The number of piperazine rings is 1. The number of halogens is 3. The minimum Gasteiger partial charge on any atom is -0.369 e. The molecule has 1 heterocycles. The van der Waals surface area contributed by atoms with Crippen LogP contribution in [0.1, 0.15) is 70.3 Å². The second-order valence-electron chi connectivity index (χ2n) is 9.64. The maximum Gasteiger partial charge on any atom is 0.416 e. The Balaban J connectivity index is 1.31. The maximum atomic E-state index is 13.0. The third-order valence-electron chi connectivity index (χ3n) is 7.38. The van der Waals surface area contributed by atoms with E-state index in [2.05, 4.69) is 9.80 Å². The molecule has 2 aliphatic rings. The second kappa shape index (κ2) is 12.0. The standard InChI is InChI=1S/C26H37F3N2O2/c1-2-24(32)25(33)8-3-5-20-9-11-21(12-10-20)13-14-30-15-17-31(18-16-30)23-7-4-6-22(19-23)26(27,28)29/h4,6-7,19-21H,2-3,5,8-18H2,1H3. The number of hydrogen-bond acceptors (Lipinski definition) is 4. The molecule has 0 aromatic heterocycles. The Morgan fingerprint density at radius 1 is 0.939 bits per heavy atom. The molecule has 0 spiro atoms. The van der Waals surface area contributed by atoms with Crippen molar-refractivity contribution in [3.05, 3.63) is 29.8 Å². The Kier molecular flexibility index (Phi) is 9.36. The number of benzene rings is 1. The van der Waals surface area contributed by atoms with Crippen molar-refractivity contribution in [2.24, 2.45) is 11.8 Å². The lowest BCUT2D eigenvalue weighted by Crippen LogP contribution is -2.47. The molecule has 1 saturated heterocycles. The molecule has 0 unspecified atom stereocenters. The highest BCUT2D eigenvalue weighted by molar-refractivity contribution is 6.37. The first kappa shape index (κ1) is 25.7. The van der Waals surface area contributed by atoms with Gasteiger partial charge in [-0.05, 0) is 49.4 Å². The second-order valence-corrected chi connectivity index (χ2v) is 9.64. The van der Waals surface area contributed by atoms with E-state index in [1.165, 1.54) is 44.2 Å². The van der Waals surface area contributed by atoms with E-state index in [1.54, 1.807) is 13.0 Å². The van der Waals surface area contributed by atoms with Crippen LogP contribution in [-0.4, -0.2) is 49.2 Å². The van der Waals surface area contributed by atoms with E-state index in [0.29, 0.717) is 24.4 Å². The number of carbonyl (C=O) groups is 2. The third-order valence-corrected chi connectivity index (χ3v) is 7.38. The molecule has 2 fully saturated rings. The number of Topliss-reactive ketones (excluding diaryl/α,β-unsaturated/α-hetero) is 2. The lowest BCUT2D eigenvalue weighted by Gasteiger charge is -2.37. The number of nitrogens with zero attached hydrogens (tertiary/aromatic N) is 2. The van der Waals surface area contributed by atoms with Crippen LogP contribution in [0.4, 0.5) is 18.9 Å². The fourth-order valence-corrected chi connectivity index (χ4v) is 5.17. The highest BCUT2D eigenvalue weighted by Gasteiger charge is 2.31. The normalized spacial score (nSPS) is 22.4. The van der Waals surface area contributed by atoms with Gasteiger partial charge < -0.3 is 4.90 Å². The molecule has 1 saturated carbocycles. The molecule has 1 aromatic carbocycles. The summed E-state index contributed by atoms with van der Waals surface area (Å²) in [6, 6.07) is 5.64. The zero-order chi connectivity index (χ0) is 23.8. The molecule has 4 nitrogen and oxygen atoms in total. The van der Waals surface area contributed by atoms with Crippen molar-refractivity contribution in [1.82, 2.24) is 4.90 Å². The van der Waals surface area contributed by atoms with Gasteiger partial charge in [0.2, 0.25) is 0 Å². The fraction of sp³-hybridized carbons (Fsp3) is 0.692. The van der Waals surface area contributed by atoms with Crippen molar-refractivity contribution in [2.45, 2.75) is 70.9 Å². The van der Waals surface area contributed by atoms with Crippen LogP contribution in [0, 0.1) is 11.8 Å². The molecule has 0 bridgehead atoms. The molecule has 3 rings (SSSR count). The van der Waals surface area contributed by atoms with Gasteiger partial charge in [-0.2, -0.15) is 13.2 Å². The van der Waals surface area contributed by atoms with E-state index < -0.39 is 11.7 Å². The lowest BCUT2D eigenvalue weighted by molar-refractivity contribution is -0.137. The van der Waals surface area contributed by atoms with Crippen LogP contribution < -0.4 is 4.90 Å². The molecule has 0 radical (unpaired) electrons. The zero-order valence-electron chi connectivity index (χ0n) is 19.7. The summed E-state index contributed by atoms with van der Waals surface area (Å²) in [7, 11) is 0. The Labute approximate surface area is 195 Å². The summed E-state index contributed by atoms with van der Waals surface area (Å²) in [5.74, 6) is 0.974. The van der Waals surface area contributed by atoms with Gasteiger partial charge in [0.05, 0.1) is 5.56 Å². The lowest BCUT2D eigenvalue weighted by atomic mass is 9.78. The summed E-state index contributed by atoms with van der Waals surface area (Å²) in [6.45, 7) is 6.07. The largest absolute Gasteiger partial charge is 0.416 e. The first-order valence-corrected chi connectivity index (χ1v) is 12.5. The van der Waals surface area contributed by atoms with Gasteiger partial charge in [-0.25, -0.2) is 0 Å². The monoisotopic (exact) mass is 466 g/mol. The number of rotatable bonds is 10. The van der Waals surface area contributed by atoms with E-state index in [0.717, 1.165) is 57.5 Å². The topological polar surface area (TPSA) is 40.6 Å². The van der Waals surface area contributed by atoms with Crippen LogP contribution in [0.25, 0.3) is 0 Å². The molecule has 1 aromatic rings. The van der Waals surface area contributed by atoms with Crippen molar-refractivity contribution in [3.63, 3.8) is 0 Å². The molecule has 0 amide bonds. The van der Waals surface area contributed by atoms with E-state index in [4.69, 9.17) is 0 Å². The van der Waals surface area contributed by atoms with Gasteiger partial charge in [-0.15, -0.1) is 0 Å². The molecule has 184 valence electrons. The molecule has 33 heavy (non-hydrogen) atoms. The van der Waals surface area contributed by atoms with Crippen molar-refractivity contribution in [1.29, 1.82) is 0 Å². The van der Waals surface area contributed by atoms with Gasteiger partial charge in [-0.1, -0.05) is 45.1 Å². The van der Waals surface area contributed by atoms with E-state index in [-0.39, 0.29) is 11.6 Å². The van der Waals surface area contributed by atoms with Crippen LogP contribution in [0.5, 0.6) is 0 Å². The molecule has 0 N–H and O–H groups in total. The Hall–Kier alpha value is -1.89. The summed E-state index contributed by atoms with van der Waals surface area (Å²) in [4.78, 5) is 27.5. The zero-order valence-corrected chi connectivity index (χ0v) is 19.7. The molecular weight excluding hydrogens is 429 g/mol. The number of hydrogen-bond donors (Lipinski definition) is 0. The van der Waals surface area contributed by atoms with Gasteiger partial charge in [0.15, 0.2) is 11.6 Å². The van der Waals surface area contributed by atoms with E-state index in [1.807, 2.05) is 0 Å². The summed E-state index contributed by atoms with van der Waals surface area (Å²) < 4.78 is 38.9. The maximum absolute atomic E-state index is 13.0. The Bertz CT molecular complexity index is 780. The van der Waals surface area contributed by atoms with Crippen LogP contribution in [-0.2, 0) is 15.8 Å². The average Bonchev–Trinajstić information content (AvgIpc) is 2.83. The predicted molar refractivity (Wildman–Crippen MR) is 124 cm³/mol. The number of alkyl halides is 3. The highest BCUT2D eigenvalue weighted by Crippen LogP contribution is 2.34. The molecule has 1 aliphatic heterocycles. The molecule has 7 heteroatoms. The highest BCUT2D eigenvalue weighted by atomic mass is 19.4. The Morgan fingerprint density at radius 2 is 1.58 bits per heavy atom. The number of carbonyl (C=O) groups excluding carboxylic acids is 2. The van der Waals surface area contributed by atoms with Crippen LogP contribution in [0.15, 0.2) is 24.3 Å². The first-order chi connectivity index (χ1) is 15.8. The summed E-state index contributed by atoms with van der Waals surface area (Å²) in [6.07, 6.45) is 4.36. The summed E-state index contributed by atoms with van der Waals surface area (Å²) in [5, 5.41) is 0. The van der Waals surface area contributed by atoms with E-state index >= 15 is 0 Å². The van der Waals surface area contributed by atoms with Crippen molar-refractivity contribution < 1.29 is 22.8 Å². The number of ketones is 2. The average molecular weight is 467 g/mol.